The summed E-state index contributed by atoms with van der Waals surface area (Å²) >= 11 is 0. The van der Waals surface area contributed by atoms with E-state index in [-0.39, 0.29) is 0 Å². The highest BCUT2D eigenvalue weighted by Crippen LogP contribution is 2.19. The van der Waals surface area contributed by atoms with E-state index in [0.717, 1.165) is 23.7 Å². The highest BCUT2D eigenvalue weighted by molar-refractivity contribution is 5.22. The number of hydrogen-bond donors (Lipinski definition) is 1. The first-order chi connectivity index (χ1) is 9.13. The first-order valence-corrected chi connectivity index (χ1v) is 6.82. The van der Waals surface area contributed by atoms with Crippen molar-refractivity contribution in [3.63, 3.8) is 0 Å². The van der Waals surface area contributed by atoms with E-state index < -0.39 is 0 Å². The van der Waals surface area contributed by atoms with Gasteiger partial charge < -0.3 is 9.84 Å². The summed E-state index contributed by atoms with van der Waals surface area (Å²) in [6.07, 6.45) is 2.57. The molecule has 2 aromatic heterocycles. The molecule has 1 saturated carbocycles. The number of aromatic nitrogens is 3. The second kappa shape index (κ2) is 4.81. The number of nitrogens with zero attached hydrogens (tertiary/aromatic N) is 3. The van der Waals surface area contributed by atoms with E-state index in [1.807, 2.05) is 17.7 Å². The van der Waals surface area contributed by atoms with Gasteiger partial charge in [-0.2, -0.15) is 5.10 Å². The van der Waals surface area contributed by atoms with Gasteiger partial charge in [0.25, 0.3) is 0 Å². The predicted molar refractivity (Wildman–Crippen MR) is 71.9 cm³/mol. The minimum atomic E-state index is 0.650. The Morgan fingerprint density at radius 3 is 2.79 bits per heavy atom. The SMILES string of the molecule is Cc1nn(Cc2cc(CNC3CC3)no2)c(C)c1C. The lowest BCUT2D eigenvalue weighted by Crippen LogP contribution is -2.15. The van der Waals surface area contributed by atoms with Crippen LogP contribution in [0.4, 0.5) is 0 Å². The molecule has 2 heterocycles. The maximum Gasteiger partial charge on any atom is 0.158 e. The fraction of sp³-hybridized carbons (Fsp3) is 0.571. The zero-order valence-electron chi connectivity index (χ0n) is 11.7. The van der Waals surface area contributed by atoms with Gasteiger partial charge in [-0.3, -0.25) is 4.68 Å². The third-order valence-electron chi connectivity index (χ3n) is 3.81. The first-order valence-electron chi connectivity index (χ1n) is 6.82. The molecule has 2 aromatic rings. The molecule has 0 spiro atoms. The summed E-state index contributed by atoms with van der Waals surface area (Å²) in [4.78, 5) is 0. The van der Waals surface area contributed by atoms with Crippen LogP contribution >= 0.6 is 0 Å². The Balaban J connectivity index is 1.66. The highest BCUT2D eigenvalue weighted by atomic mass is 16.5. The van der Waals surface area contributed by atoms with E-state index in [2.05, 4.69) is 29.4 Å². The molecule has 5 heteroatoms. The molecule has 0 bridgehead atoms. The van der Waals surface area contributed by atoms with Gasteiger partial charge in [-0.25, -0.2) is 0 Å². The van der Waals surface area contributed by atoms with Gasteiger partial charge in [-0.15, -0.1) is 0 Å². The minimum absolute atomic E-state index is 0.650. The second-order valence-corrected chi connectivity index (χ2v) is 5.39. The fourth-order valence-electron chi connectivity index (χ4n) is 2.14. The summed E-state index contributed by atoms with van der Waals surface area (Å²) in [5.74, 6) is 0.859. The van der Waals surface area contributed by atoms with Crippen molar-refractivity contribution >= 4 is 0 Å². The summed E-state index contributed by atoms with van der Waals surface area (Å²) in [6, 6.07) is 2.71. The van der Waals surface area contributed by atoms with Crippen LogP contribution in [0.5, 0.6) is 0 Å². The quantitative estimate of drug-likeness (QED) is 0.894. The van der Waals surface area contributed by atoms with E-state index in [9.17, 15) is 0 Å². The van der Waals surface area contributed by atoms with Crippen molar-refractivity contribution in [3.05, 3.63) is 34.5 Å². The number of rotatable bonds is 5. The van der Waals surface area contributed by atoms with Crippen LogP contribution in [-0.2, 0) is 13.1 Å². The van der Waals surface area contributed by atoms with Gasteiger partial charge in [0.2, 0.25) is 0 Å². The van der Waals surface area contributed by atoms with E-state index in [1.54, 1.807) is 0 Å². The van der Waals surface area contributed by atoms with Crippen molar-refractivity contribution < 1.29 is 4.52 Å². The van der Waals surface area contributed by atoms with Crippen LogP contribution in [0.3, 0.4) is 0 Å². The first kappa shape index (κ1) is 12.4. The Bertz CT molecular complexity index is 580. The average molecular weight is 260 g/mol. The van der Waals surface area contributed by atoms with Crippen molar-refractivity contribution in [1.82, 2.24) is 20.3 Å². The molecule has 1 aliphatic rings. The van der Waals surface area contributed by atoms with Crippen molar-refractivity contribution in [2.45, 2.75) is 52.7 Å². The maximum absolute atomic E-state index is 5.37. The maximum atomic E-state index is 5.37. The normalized spacial score (nSPS) is 15.1. The Morgan fingerprint density at radius 1 is 1.37 bits per heavy atom. The summed E-state index contributed by atoms with van der Waals surface area (Å²) in [5.41, 5.74) is 4.48. The molecule has 102 valence electrons. The molecule has 1 N–H and O–H groups in total. The van der Waals surface area contributed by atoms with Crippen LogP contribution in [0, 0.1) is 20.8 Å². The molecule has 0 saturated heterocycles. The minimum Gasteiger partial charge on any atom is -0.359 e. The number of hydrogen-bond acceptors (Lipinski definition) is 4. The van der Waals surface area contributed by atoms with Crippen LogP contribution in [0.2, 0.25) is 0 Å². The van der Waals surface area contributed by atoms with Crippen LogP contribution in [0.1, 0.15) is 41.2 Å². The molecule has 1 aliphatic carbocycles. The Hall–Kier alpha value is -1.62. The lowest BCUT2D eigenvalue weighted by atomic mass is 10.2. The van der Waals surface area contributed by atoms with Crippen LogP contribution in [0.25, 0.3) is 0 Å². The average Bonchev–Trinajstić information content (AvgIpc) is 3.08. The molecule has 5 nitrogen and oxygen atoms in total. The van der Waals surface area contributed by atoms with Crippen LogP contribution in [-0.4, -0.2) is 21.0 Å². The van der Waals surface area contributed by atoms with Crippen molar-refractivity contribution in [3.8, 4) is 0 Å². The molecule has 0 atom stereocenters. The van der Waals surface area contributed by atoms with Gasteiger partial charge in [0, 0.05) is 24.3 Å². The Kier molecular flexibility index (Phi) is 3.14. The number of nitrogens with one attached hydrogen (secondary N) is 1. The molecule has 1 fully saturated rings. The smallest absolute Gasteiger partial charge is 0.158 e. The lowest BCUT2D eigenvalue weighted by Gasteiger charge is -2.00. The van der Waals surface area contributed by atoms with Gasteiger partial charge in [0.1, 0.15) is 6.54 Å². The molecule has 0 aromatic carbocycles. The summed E-state index contributed by atoms with van der Waals surface area (Å²) in [6.45, 7) is 7.66. The Labute approximate surface area is 113 Å². The Morgan fingerprint density at radius 2 is 2.16 bits per heavy atom. The molecule has 3 rings (SSSR count). The number of aryl methyl sites for hydroxylation is 1. The van der Waals surface area contributed by atoms with Gasteiger partial charge >= 0.3 is 0 Å². The molecule has 0 unspecified atom stereocenters. The molecule has 0 radical (unpaired) electrons. The zero-order valence-corrected chi connectivity index (χ0v) is 11.7. The zero-order chi connectivity index (χ0) is 13.4. The lowest BCUT2D eigenvalue weighted by molar-refractivity contribution is 0.363. The third-order valence-corrected chi connectivity index (χ3v) is 3.81. The topological polar surface area (TPSA) is 55.9 Å². The van der Waals surface area contributed by atoms with Gasteiger partial charge in [-0.1, -0.05) is 5.16 Å². The second-order valence-electron chi connectivity index (χ2n) is 5.39. The van der Waals surface area contributed by atoms with E-state index in [1.165, 1.54) is 24.1 Å². The molecule has 0 aliphatic heterocycles. The molecular weight excluding hydrogens is 240 g/mol. The largest absolute Gasteiger partial charge is 0.359 e. The molecular formula is C14H20N4O. The van der Waals surface area contributed by atoms with E-state index >= 15 is 0 Å². The van der Waals surface area contributed by atoms with Crippen molar-refractivity contribution in [2.24, 2.45) is 0 Å². The monoisotopic (exact) mass is 260 g/mol. The van der Waals surface area contributed by atoms with Crippen molar-refractivity contribution in [1.29, 1.82) is 0 Å². The molecule has 0 amide bonds. The summed E-state index contributed by atoms with van der Waals surface area (Å²) in [5, 5.41) is 12.0. The van der Waals surface area contributed by atoms with Crippen molar-refractivity contribution in [2.75, 3.05) is 0 Å². The standard InChI is InChI=1S/C14H20N4O/c1-9-10(2)16-18(11(9)3)8-14-6-13(17-19-14)7-15-12-4-5-12/h6,12,15H,4-5,7-8H2,1-3H3. The van der Waals surface area contributed by atoms with Gasteiger partial charge in [0.05, 0.1) is 11.4 Å². The summed E-state index contributed by atoms with van der Waals surface area (Å²) in [7, 11) is 0. The van der Waals surface area contributed by atoms with Crippen LogP contribution < -0.4 is 5.32 Å². The van der Waals surface area contributed by atoms with E-state index in [4.69, 9.17) is 4.52 Å². The van der Waals surface area contributed by atoms with Gasteiger partial charge in [0.15, 0.2) is 5.76 Å². The highest BCUT2D eigenvalue weighted by Gasteiger charge is 2.20. The predicted octanol–water partition coefficient (Wildman–Crippen LogP) is 2.10. The molecule has 19 heavy (non-hydrogen) atoms. The third kappa shape index (κ3) is 2.71. The van der Waals surface area contributed by atoms with E-state index in [0.29, 0.717) is 12.6 Å². The summed E-state index contributed by atoms with van der Waals surface area (Å²) < 4.78 is 7.35. The van der Waals surface area contributed by atoms with Gasteiger partial charge in [-0.05, 0) is 39.2 Å². The van der Waals surface area contributed by atoms with Crippen LogP contribution in [0.15, 0.2) is 10.6 Å². The fourth-order valence-corrected chi connectivity index (χ4v) is 2.14.